The zero-order valence-electron chi connectivity index (χ0n) is 13.2. The molecule has 0 saturated heterocycles. The first kappa shape index (κ1) is 15.3. The van der Waals surface area contributed by atoms with Crippen LogP contribution in [0.25, 0.3) is 0 Å². The fraction of sp³-hybridized carbons (Fsp3) is 0.467. The molecule has 0 bridgehead atoms. The van der Waals surface area contributed by atoms with E-state index >= 15 is 0 Å². The van der Waals surface area contributed by atoms with Crippen LogP contribution in [0, 0.1) is 17.0 Å². The van der Waals surface area contributed by atoms with E-state index in [1.807, 2.05) is 11.6 Å². The van der Waals surface area contributed by atoms with Crippen LogP contribution in [0.3, 0.4) is 0 Å². The minimum Gasteiger partial charge on any atom is -0.487 e. The lowest BCUT2D eigenvalue weighted by Crippen LogP contribution is -2.32. The summed E-state index contributed by atoms with van der Waals surface area (Å²) in [7, 11) is 0. The summed E-state index contributed by atoms with van der Waals surface area (Å²) in [6, 6.07) is 5.16. The summed E-state index contributed by atoms with van der Waals surface area (Å²) >= 11 is 0. The van der Waals surface area contributed by atoms with E-state index in [1.54, 1.807) is 25.1 Å². The van der Waals surface area contributed by atoms with Crippen molar-refractivity contribution in [3.05, 3.63) is 40.0 Å². The number of para-hydroxylation sites is 1. The molecule has 0 fully saturated rings. The van der Waals surface area contributed by atoms with Crippen LogP contribution in [0.5, 0.6) is 5.75 Å². The number of nitrogens with zero attached hydrogens (tertiary/aromatic N) is 4. The summed E-state index contributed by atoms with van der Waals surface area (Å²) in [4.78, 5) is 15.4. The molecule has 1 aliphatic rings. The van der Waals surface area contributed by atoms with Gasteiger partial charge in [0.05, 0.1) is 18.1 Å². The number of hydrogen-bond acceptors (Lipinski definition) is 6. The first-order valence-electron chi connectivity index (χ1n) is 7.65. The number of nitrogens with one attached hydrogen (secondary N) is 1. The maximum atomic E-state index is 11.4. The predicted molar refractivity (Wildman–Crippen MR) is 84.8 cm³/mol. The fourth-order valence-electron chi connectivity index (χ4n) is 2.87. The Hall–Kier alpha value is -2.64. The van der Waals surface area contributed by atoms with Gasteiger partial charge in [-0.15, -0.1) is 0 Å². The Bertz CT molecular complexity index is 728. The summed E-state index contributed by atoms with van der Waals surface area (Å²) < 4.78 is 7.25. The fourth-order valence-corrected chi connectivity index (χ4v) is 2.87. The third-order valence-corrected chi connectivity index (χ3v) is 3.81. The van der Waals surface area contributed by atoms with Gasteiger partial charge in [0.25, 0.3) is 0 Å². The van der Waals surface area contributed by atoms with Gasteiger partial charge in [0.15, 0.2) is 5.75 Å². The van der Waals surface area contributed by atoms with Crippen molar-refractivity contribution < 1.29 is 9.66 Å². The standard InChI is InChI=1S/C15H19N5O3/c1-3-23-13-6-4-5-12(15(13)20(21)22)17-11-7-8-14-16-10(2)18-19(14)9-11/h4-6,11,17H,3,7-9H2,1-2H3/t11-/m0/s1. The molecule has 1 N–H and O–H groups in total. The van der Waals surface area contributed by atoms with Gasteiger partial charge in [-0.05, 0) is 32.4 Å². The van der Waals surface area contributed by atoms with Gasteiger partial charge >= 0.3 is 5.69 Å². The number of anilines is 1. The van der Waals surface area contributed by atoms with E-state index in [2.05, 4.69) is 15.4 Å². The largest absolute Gasteiger partial charge is 0.487 e. The van der Waals surface area contributed by atoms with Crippen LogP contribution in [0.1, 0.15) is 25.0 Å². The summed E-state index contributed by atoms with van der Waals surface area (Å²) in [5.41, 5.74) is 0.459. The topological polar surface area (TPSA) is 95.1 Å². The highest BCUT2D eigenvalue weighted by molar-refractivity contribution is 5.68. The van der Waals surface area contributed by atoms with Gasteiger partial charge < -0.3 is 10.1 Å². The molecule has 1 aromatic carbocycles. The van der Waals surface area contributed by atoms with Gasteiger partial charge in [-0.2, -0.15) is 5.10 Å². The van der Waals surface area contributed by atoms with Crippen molar-refractivity contribution in [3.8, 4) is 5.75 Å². The van der Waals surface area contributed by atoms with E-state index in [-0.39, 0.29) is 17.5 Å². The van der Waals surface area contributed by atoms with Crippen LogP contribution >= 0.6 is 0 Å². The maximum Gasteiger partial charge on any atom is 0.333 e. The molecule has 23 heavy (non-hydrogen) atoms. The van der Waals surface area contributed by atoms with Gasteiger partial charge in [-0.25, -0.2) is 9.67 Å². The van der Waals surface area contributed by atoms with E-state index in [4.69, 9.17) is 4.74 Å². The van der Waals surface area contributed by atoms with Crippen LogP contribution < -0.4 is 10.1 Å². The monoisotopic (exact) mass is 317 g/mol. The molecule has 1 atom stereocenters. The Morgan fingerprint density at radius 1 is 1.52 bits per heavy atom. The zero-order valence-corrected chi connectivity index (χ0v) is 13.2. The quantitative estimate of drug-likeness (QED) is 0.671. The molecular formula is C15H19N5O3. The summed E-state index contributed by atoms with van der Waals surface area (Å²) in [5.74, 6) is 2.01. The number of fused-ring (bicyclic) bond motifs is 1. The van der Waals surface area contributed by atoms with E-state index in [0.717, 1.165) is 24.5 Å². The molecule has 0 radical (unpaired) electrons. The molecule has 1 aliphatic heterocycles. The molecule has 2 aromatic rings. The van der Waals surface area contributed by atoms with Crippen LogP contribution in [0.4, 0.5) is 11.4 Å². The Morgan fingerprint density at radius 2 is 2.35 bits per heavy atom. The molecule has 0 aliphatic carbocycles. The van der Waals surface area contributed by atoms with E-state index in [1.165, 1.54) is 0 Å². The number of rotatable bonds is 5. The minimum atomic E-state index is -0.402. The molecule has 2 heterocycles. The molecule has 122 valence electrons. The molecule has 8 heteroatoms. The smallest absolute Gasteiger partial charge is 0.333 e. The van der Waals surface area contributed by atoms with Crippen LogP contribution in [0.15, 0.2) is 18.2 Å². The van der Waals surface area contributed by atoms with Crippen molar-refractivity contribution >= 4 is 11.4 Å². The Kier molecular flexibility index (Phi) is 4.14. The van der Waals surface area contributed by atoms with Gasteiger partial charge in [0, 0.05) is 12.5 Å². The number of nitro benzene ring substituents is 1. The number of ether oxygens (including phenoxy) is 1. The number of aryl methyl sites for hydroxylation is 2. The predicted octanol–water partition coefficient (Wildman–Crippen LogP) is 2.32. The first-order valence-corrected chi connectivity index (χ1v) is 7.65. The van der Waals surface area contributed by atoms with Crippen LogP contribution in [-0.2, 0) is 13.0 Å². The van der Waals surface area contributed by atoms with Crippen molar-refractivity contribution in [1.82, 2.24) is 14.8 Å². The third kappa shape index (κ3) is 3.10. The number of aromatic nitrogens is 3. The molecule has 0 unspecified atom stereocenters. The Morgan fingerprint density at radius 3 is 3.09 bits per heavy atom. The summed E-state index contributed by atoms with van der Waals surface area (Å²) in [6.07, 6.45) is 1.66. The van der Waals surface area contributed by atoms with E-state index < -0.39 is 4.92 Å². The normalized spacial score (nSPS) is 16.7. The lowest BCUT2D eigenvalue weighted by atomic mass is 10.1. The SMILES string of the molecule is CCOc1cccc(N[C@H]2CCc3nc(C)nn3C2)c1[N+](=O)[O-]. The van der Waals surface area contributed by atoms with Gasteiger partial charge in [0.1, 0.15) is 17.3 Å². The molecule has 8 nitrogen and oxygen atoms in total. The Balaban J connectivity index is 1.83. The maximum absolute atomic E-state index is 11.4. The van der Waals surface area contributed by atoms with Crippen molar-refractivity contribution in [1.29, 1.82) is 0 Å². The number of nitro groups is 1. The van der Waals surface area contributed by atoms with Gasteiger partial charge in [-0.1, -0.05) is 6.07 Å². The second kappa shape index (κ2) is 6.23. The average Bonchev–Trinajstić information content (AvgIpc) is 2.87. The lowest BCUT2D eigenvalue weighted by Gasteiger charge is -2.24. The molecule has 0 spiro atoms. The zero-order chi connectivity index (χ0) is 16.4. The van der Waals surface area contributed by atoms with E-state index in [9.17, 15) is 10.1 Å². The lowest BCUT2D eigenvalue weighted by molar-refractivity contribution is -0.385. The van der Waals surface area contributed by atoms with Crippen molar-refractivity contribution in [2.45, 2.75) is 39.3 Å². The average molecular weight is 317 g/mol. The minimum absolute atomic E-state index is 0.0186. The van der Waals surface area contributed by atoms with E-state index in [0.29, 0.717) is 18.8 Å². The molecule has 0 amide bonds. The second-order valence-electron chi connectivity index (χ2n) is 5.48. The second-order valence-corrected chi connectivity index (χ2v) is 5.48. The number of benzene rings is 1. The van der Waals surface area contributed by atoms with Crippen molar-refractivity contribution in [3.63, 3.8) is 0 Å². The van der Waals surface area contributed by atoms with Crippen LogP contribution in [0.2, 0.25) is 0 Å². The third-order valence-electron chi connectivity index (χ3n) is 3.81. The molecule has 3 rings (SSSR count). The highest BCUT2D eigenvalue weighted by Gasteiger charge is 2.26. The molecule has 0 saturated carbocycles. The highest BCUT2D eigenvalue weighted by atomic mass is 16.6. The number of hydrogen-bond donors (Lipinski definition) is 1. The van der Waals surface area contributed by atoms with Crippen molar-refractivity contribution in [2.75, 3.05) is 11.9 Å². The Labute approximate surface area is 133 Å². The summed E-state index contributed by atoms with van der Waals surface area (Å²) in [6.45, 7) is 4.70. The van der Waals surface area contributed by atoms with Gasteiger partial charge in [0.2, 0.25) is 0 Å². The van der Waals surface area contributed by atoms with Crippen molar-refractivity contribution in [2.24, 2.45) is 0 Å². The highest BCUT2D eigenvalue weighted by Crippen LogP contribution is 2.35. The summed E-state index contributed by atoms with van der Waals surface area (Å²) in [5, 5.41) is 19.0. The van der Waals surface area contributed by atoms with Gasteiger partial charge in [-0.3, -0.25) is 10.1 Å². The first-order chi connectivity index (χ1) is 11.1. The molecular weight excluding hydrogens is 298 g/mol. The van der Waals surface area contributed by atoms with Crippen LogP contribution in [-0.4, -0.2) is 32.3 Å². The molecule has 1 aromatic heterocycles.